The summed E-state index contributed by atoms with van der Waals surface area (Å²) in [6.45, 7) is 7.79. The Bertz CT molecular complexity index is 1600. The zero-order valence-electron chi connectivity index (χ0n) is 24.4. The summed E-state index contributed by atoms with van der Waals surface area (Å²) in [6.07, 6.45) is 0.554. The molecule has 1 aromatic heterocycles. The van der Waals surface area contributed by atoms with E-state index in [0.717, 1.165) is 11.3 Å². The molecule has 3 aromatic carbocycles. The Morgan fingerprint density at radius 3 is 2.26 bits per heavy atom. The fourth-order valence-electron chi connectivity index (χ4n) is 5.19. The predicted octanol–water partition coefficient (Wildman–Crippen LogP) is 4.86. The lowest BCUT2D eigenvalue weighted by atomic mass is 10.0. The second-order valence-electron chi connectivity index (χ2n) is 10.1. The second kappa shape index (κ2) is 13.8. The number of para-hydroxylation sites is 2. The number of carbonyl (C=O) groups is 1. The van der Waals surface area contributed by atoms with Gasteiger partial charge in [-0.25, -0.2) is 14.4 Å². The van der Waals surface area contributed by atoms with Crippen LogP contribution in [0.1, 0.15) is 31.0 Å². The highest BCUT2D eigenvalue weighted by molar-refractivity contribution is 5.89. The Balaban J connectivity index is 1.32. The van der Waals surface area contributed by atoms with Gasteiger partial charge in [-0.2, -0.15) is 5.26 Å². The summed E-state index contributed by atoms with van der Waals surface area (Å²) < 4.78 is 24.8. The van der Waals surface area contributed by atoms with Crippen LogP contribution in [0.3, 0.4) is 0 Å². The number of rotatable bonds is 11. The number of aromatic nitrogens is 2. The fourth-order valence-corrected chi connectivity index (χ4v) is 5.19. The fraction of sp³-hybridized carbons (Fsp3) is 0.333. The third-order valence-electron chi connectivity index (χ3n) is 7.33. The van der Waals surface area contributed by atoms with Crippen molar-refractivity contribution in [2.75, 3.05) is 55.7 Å². The molecule has 1 N–H and O–H groups in total. The molecule has 1 amide bonds. The molecular formula is C33H35FN6O3. The molecule has 5 rings (SSSR count). The summed E-state index contributed by atoms with van der Waals surface area (Å²) in [6, 6.07) is 21.8. The number of hydrogen-bond acceptors (Lipinski definition) is 8. The van der Waals surface area contributed by atoms with Gasteiger partial charge in [-0.15, -0.1) is 0 Å². The Morgan fingerprint density at radius 1 is 0.930 bits per heavy atom. The Morgan fingerprint density at radius 2 is 1.58 bits per heavy atom. The van der Waals surface area contributed by atoms with E-state index in [1.807, 2.05) is 56.3 Å². The second-order valence-corrected chi connectivity index (χ2v) is 10.1. The molecule has 0 aliphatic carbocycles. The van der Waals surface area contributed by atoms with Crippen LogP contribution in [0.2, 0.25) is 0 Å². The zero-order chi connectivity index (χ0) is 30.2. The zero-order valence-corrected chi connectivity index (χ0v) is 24.4. The summed E-state index contributed by atoms with van der Waals surface area (Å²) in [5.74, 6) is 0.0538. The molecule has 9 nitrogen and oxygen atoms in total. The number of nitrogens with one attached hydrogen (secondary N) is 1. The molecule has 43 heavy (non-hydrogen) atoms. The van der Waals surface area contributed by atoms with Gasteiger partial charge in [0.15, 0.2) is 23.2 Å². The first-order valence-electron chi connectivity index (χ1n) is 14.6. The van der Waals surface area contributed by atoms with Crippen LogP contribution in [0.15, 0.2) is 66.7 Å². The average Bonchev–Trinajstić information content (AvgIpc) is 3.03. The predicted molar refractivity (Wildman–Crippen MR) is 164 cm³/mol. The number of piperazine rings is 1. The summed E-state index contributed by atoms with van der Waals surface area (Å²) in [7, 11) is 0. The van der Waals surface area contributed by atoms with Gasteiger partial charge in [0, 0.05) is 38.4 Å². The number of nitrogens with zero attached hydrogens (tertiary/aromatic N) is 5. The highest BCUT2D eigenvalue weighted by Crippen LogP contribution is 2.30. The minimum atomic E-state index is -1.14. The number of nitriles is 1. The molecule has 1 fully saturated rings. The molecule has 4 aromatic rings. The molecular weight excluding hydrogens is 547 g/mol. The van der Waals surface area contributed by atoms with Crippen LogP contribution in [0.5, 0.6) is 11.5 Å². The maximum absolute atomic E-state index is 13.4. The highest BCUT2D eigenvalue weighted by Gasteiger charge is 2.30. The quantitative estimate of drug-likeness (QED) is 0.268. The smallest absolute Gasteiger partial charge is 0.243 e. The molecule has 2 heterocycles. The van der Waals surface area contributed by atoms with E-state index in [0.29, 0.717) is 86.4 Å². The van der Waals surface area contributed by atoms with E-state index in [2.05, 4.69) is 21.2 Å². The topological polar surface area (TPSA) is 104 Å². The van der Waals surface area contributed by atoms with Crippen molar-refractivity contribution in [2.24, 2.45) is 0 Å². The first-order valence-corrected chi connectivity index (χ1v) is 14.6. The number of anilines is 2. The van der Waals surface area contributed by atoms with Gasteiger partial charge in [0.2, 0.25) is 5.91 Å². The molecule has 222 valence electrons. The van der Waals surface area contributed by atoms with Gasteiger partial charge in [-0.05, 0) is 74.4 Å². The average molecular weight is 583 g/mol. The van der Waals surface area contributed by atoms with Gasteiger partial charge < -0.3 is 24.6 Å². The number of amides is 1. The van der Waals surface area contributed by atoms with Crippen LogP contribution in [0.25, 0.3) is 11.0 Å². The lowest BCUT2D eigenvalue weighted by Crippen LogP contribution is -2.47. The van der Waals surface area contributed by atoms with Crippen molar-refractivity contribution < 1.29 is 18.7 Å². The van der Waals surface area contributed by atoms with Gasteiger partial charge in [0.1, 0.15) is 11.5 Å². The minimum absolute atomic E-state index is 0.269. The van der Waals surface area contributed by atoms with Crippen LogP contribution in [-0.4, -0.2) is 61.8 Å². The summed E-state index contributed by atoms with van der Waals surface area (Å²) in [5, 5.41) is 13.1. The van der Waals surface area contributed by atoms with E-state index in [-0.39, 0.29) is 5.82 Å². The lowest BCUT2D eigenvalue weighted by Gasteiger charge is -2.37. The Hall–Kier alpha value is -4.91. The number of hydrogen-bond donors (Lipinski definition) is 1. The molecule has 0 spiro atoms. The van der Waals surface area contributed by atoms with E-state index in [4.69, 9.17) is 19.4 Å². The van der Waals surface area contributed by atoms with Crippen LogP contribution >= 0.6 is 0 Å². The van der Waals surface area contributed by atoms with Crippen molar-refractivity contribution >= 4 is 28.4 Å². The first-order chi connectivity index (χ1) is 21.0. The third kappa shape index (κ3) is 6.95. The van der Waals surface area contributed by atoms with Gasteiger partial charge in [0.05, 0.1) is 30.3 Å². The van der Waals surface area contributed by atoms with Crippen LogP contribution in [0.4, 0.5) is 15.9 Å². The standard InChI is InChI=1S/C33H35FN6O3/c1-3-42-29-14-9-23(21-30(29)43-4-2)15-16-36-33(41)26(22-35)31-32(38-28-8-6-5-7-27(28)37-31)40-19-17-39(18-20-40)25-12-10-24(34)11-13-25/h5-14,21,26H,3-4,15-20H2,1-2H3,(H,36,41). The van der Waals surface area contributed by atoms with Crippen LogP contribution < -0.4 is 24.6 Å². The van der Waals surface area contributed by atoms with Gasteiger partial charge >= 0.3 is 0 Å². The number of halogens is 1. The van der Waals surface area contributed by atoms with Crippen LogP contribution in [-0.2, 0) is 11.2 Å². The van der Waals surface area contributed by atoms with Crippen molar-refractivity contribution in [3.8, 4) is 17.6 Å². The monoisotopic (exact) mass is 582 g/mol. The normalized spacial score (nSPS) is 13.8. The van der Waals surface area contributed by atoms with Gasteiger partial charge in [-0.3, -0.25) is 4.79 Å². The molecule has 1 unspecified atom stereocenters. The molecule has 10 heteroatoms. The van der Waals surface area contributed by atoms with Gasteiger partial charge in [0.25, 0.3) is 0 Å². The number of carbonyl (C=O) groups excluding carboxylic acids is 1. The number of ether oxygens (including phenoxy) is 2. The van der Waals surface area contributed by atoms with Crippen molar-refractivity contribution in [3.05, 3.63) is 83.8 Å². The van der Waals surface area contributed by atoms with E-state index < -0.39 is 11.8 Å². The van der Waals surface area contributed by atoms with Crippen LogP contribution in [0, 0.1) is 17.1 Å². The van der Waals surface area contributed by atoms with Crippen molar-refractivity contribution in [1.29, 1.82) is 5.26 Å². The van der Waals surface area contributed by atoms with E-state index >= 15 is 0 Å². The maximum Gasteiger partial charge on any atom is 0.243 e. The maximum atomic E-state index is 13.4. The summed E-state index contributed by atoms with van der Waals surface area (Å²) in [4.78, 5) is 27.3. The molecule has 0 radical (unpaired) electrons. The van der Waals surface area contributed by atoms with E-state index in [1.165, 1.54) is 12.1 Å². The van der Waals surface area contributed by atoms with Crippen molar-refractivity contribution in [3.63, 3.8) is 0 Å². The molecule has 0 saturated carbocycles. The first kappa shape index (κ1) is 29.6. The molecule has 1 atom stereocenters. The SMILES string of the molecule is CCOc1ccc(CCNC(=O)C(C#N)c2nc3ccccc3nc2N2CCN(c3ccc(F)cc3)CC2)cc1OCC. The van der Waals surface area contributed by atoms with Crippen molar-refractivity contribution in [1.82, 2.24) is 15.3 Å². The Kier molecular flexibility index (Phi) is 9.52. The molecule has 1 aliphatic rings. The summed E-state index contributed by atoms with van der Waals surface area (Å²) in [5.41, 5.74) is 3.58. The molecule has 0 bridgehead atoms. The van der Waals surface area contributed by atoms with Gasteiger partial charge in [-0.1, -0.05) is 18.2 Å². The summed E-state index contributed by atoms with van der Waals surface area (Å²) >= 11 is 0. The molecule has 1 aliphatic heterocycles. The number of fused-ring (bicyclic) bond motifs is 1. The highest BCUT2D eigenvalue weighted by atomic mass is 19.1. The molecule has 1 saturated heterocycles. The third-order valence-corrected chi connectivity index (χ3v) is 7.33. The van der Waals surface area contributed by atoms with E-state index in [9.17, 15) is 14.4 Å². The van der Waals surface area contributed by atoms with E-state index in [1.54, 1.807) is 12.1 Å². The Labute approximate surface area is 250 Å². The van der Waals surface area contributed by atoms with Crippen molar-refractivity contribution in [2.45, 2.75) is 26.2 Å². The number of benzene rings is 3. The lowest BCUT2D eigenvalue weighted by molar-refractivity contribution is -0.121. The largest absolute Gasteiger partial charge is 0.490 e. The minimum Gasteiger partial charge on any atom is -0.490 e.